The number of ether oxygens (including phenoxy) is 1. The number of hydrogen-bond acceptors (Lipinski definition) is 6. The van der Waals surface area contributed by atoms with Crippen molar-refractivity contribution in [2.75, 3.05) is 19.1 Å². The summed E-state index contributed by atoms with van der Waals surface area (Å²) in [6, 6.07) is 8.65. The molecule has 0 saturated heterocycles. The van der Waals surface area contributed by atoms with Crippen LogP contribution in [0.5, 0.6) is 5.75 Å². The molecule has 1 N–H and O–H groups in total. The maximum atomic E-state index is 11.2. The van der Waals surface area contributed by atoms with E-state index in [-0.39, 0.29) is 5.69 Å². The molecule has 0 radical (unpaired) electrons. The van der Waals surface area contributed by atoms with E-state index in [2.05, 4.69) is 0 Å². The van der Waals surface area contributed by atoms with Crippen LogP contribution in [-0.4, -0.2) is 24.2 Å². The summed E-state index contributed by atoms with van der Waals surface area (Å²) in [7, 11) is 3.34. The Hall–Kier alpha value is -2.12. The molecule has 0 aliphatic heterocycles. The summed E-state index contributed by atoms with van der Waals surface area (Å²) in [4.78, 5) is 13.0. The summed E-state index contributed by atoms with van der Waals surface area (Å²) in [5.41, 5.74) is 0.798. The van der Waals surface area contributed by atoms with E-state index in [1.54, 1.807) is 38.1 Å². The molecular weight excluding hydrogens is 292 g/mol. The van der Waals surface area contributed by atoms with Gasteiger partial charge < -0.3 is 14.7 Å². The minimum Gasteiger partial charge on any atom is -0.497 e. The van der Waals surface area contributed by atoms with Crippen molar-refractivity contribution >= 4 is 27.7 Å². The molecule has 0 fully saturated rings. The quantitative estimate of drug-likeness (QED) is 0.676. The van der Waals surface area contributed by atoms with Crippen LogP contribution in [0.4, 0.5) is 16.4 Å². The molecule has 1 aromatic carbocycles. The second kappa shape index (κ2) is 6.11. The first-order chi connectivity index (χ1) is 9.93. The lowest BCUT2D eigenvalue weighted by Crippen LogP contribution is -2.09. The first-order valence-corrected chi connectivity index (χ1v) is 7.09. The van der Waals surface area contributed by atoms with Crippen LogP contribution in [0, 0.1) is 10.1 Å². The van der Waals surface area contributed by atoms with Gasteiger partial charge in [0.05, 0.1) is 18.1 Å². The van der Waals surface area contributed by atoms with Gasteiger partial charge in [-0.2, -0.15) is 0 Å². The molecule has 112 valence electrons. The lowest BCUT2D eigenvalue weighted by atomic mass is 10.2. The number of hydrogen-bond donors (Lipinski definition) is 1. The van der Waals surface area contributed by atoms with Crippen LogP contribution in [0.15, 0.2) is 30.3 Å². The predicted molar refractivity (Wildman–Crippen MR) is 82.7 cm³/mol. The molecule has 7 heteroatoms. The van der Waals surface area contributed by atoms with Crippen molar-refractivity contribution in [2.24, 2.45) is 0 Å². The minimum atomic E-state index is -0.730. The number of thiophene rings is 1. The Balaban J connectivity index is 2.41. The highest BCUT2D eigenvalue weighted by Crippen LogP contribution is 2.42. The predicted octanol–water partition coefficient (Wildman–Crippen LogP) is 3.49. The van der Waals surface area contributed by atoms with Crippen LogP contribution < -0.4 is 9.64 Å². The fraction of sp³-hybridized carbons (Fsp3) is 0.286. The zero-order valence-electron chi connectivity index (χ0n) is 11.9. The van der Waals surface area contributed by atoms with Gasteiger partial charge in [0.15, 0.2) is 5.00 Å². The van der Waals surface area contributed by atoms with Crippen LogP contribution >= 0.6 is 11.3 Å². The van der Waals surface area contributed by atoms with E-state index in [0.717, 1.165) is 11.4 Å². The van der Waals surface area contributed by atoms with Crippen molar-refractivity contribution in [1.82, 2.24) is 0 Å². The Morgan fingerprint density at radius 3 is 2.48 bits per heavy atom. The monoisotopic (exact) mass is 308 g/mol. The second-order valence-corrected chi connectivity index (χ2v) is 5.59. The van der Waals surface area contributed by atoms with Crippen LogP contribution in [-0.2, 0) is 0 Å². The maximum Gasteiger partial charge on any atom is 0.304 e. The molecule has 0 saturated carbocycles. The zero-order chi connectivity index (χ0) is 15.6. The molecule has 1 unspecified atom stereocenters. The number of anilines is 2. The van der Waals surface area contributed by atoms with Gasteiger partial charge in [-0.1, -0.05) is 0 Å². The second-order valence-electron chi connectivity index (χ2n) is 4.53. The summed E-state index contributed by atoms with van der Waals surface area (Å²) >= 11 is 1.21. The number of benzene rings is 1. The lowest BCUT2D eigenvalue weighted by Gasteiger charge is -2.17. The first kappa shape index (κ1) is 15.3. The largest absolute Gasteiger partial charge is 0.497 e. The van der Waals surface area contributed by atoms with Crippen molar-refractivity contribution in [3.05, 3.63) is 45.3 Å². The van der Waals surface area contributed by atoms with E-state index in [1.165, 1.54) is 17.4 Å². The van der Waals surface area contributed by atoms with Gasteiger partial charge in [-0.3, -0.25) is 10.1 Å². The zero-order valence-corrected chi connectivity index (χ0v) is 12.8. The van der Waals surface area contributed by atoms with Crippen LogP contribution in [0.3, 0.4) is 0 Å². The SMILES string of the molecule is COc1ccc(N(C)c2sc(C(C)O)cc2[N+](=O)[O-])cc1. The third-order valence-corrected chi connectivity index (χ3v) is 4.46. The average Bonchev–Trinajstić information content (AvgIpc) is 2.92. The molecule has 1 heterocycles. The smallest absolute Gasteiger partial charge is 0.304 e. The third kappa shape index (κ3) is 3.14. The topological polar surface area (TPSA) is 75.8 Å². The van der Waals surface area contributed by atoms with Crippen molar-refractivity contribution in [3.8, 4) is 5.75 Å². The molecule has 6 nitrogen and oxygen atoms in total. The normalized spacial score (nSPS) is 12.0. The summed E-state index contributed by atoms with van der Waals surface area (Å²) in [6.45, 7) is 1.59. The van der Waals surface area contributed by atoms with Gasteiger partial charge in [0, 0.05) is 23.7 Å². The van der Waals surface area contributed by atoms with Crippen molar-refractivity contribution in [2.45, 2.75) is 13.0 Å². The summed E-state index contributed by atoms with van der Waals surface area (Å²) in [6.07, 6.45) is -0.730. The van der Waals surface area contributed by atoms with Crippen LogP contribution in [0.1, 0.15) is 17.9 Å². The number of nitrogens with zero attached hydrogens (tertiary/aromatic N) is 2. The van der Waals surface area contributed by atoms with Crippen LogP contribution in [0.25, 0.3) is 0 Å². The Morgan fingerprint density at radius 1 is 1.38 bits per heavy atom. The molecule has 0 aliphatic carbocycles. The molecule has 0 amide bonds. The molecule has 1 aromatic heterocycles. The average molecular weight is 308 g/mol. The maximum absolute atomic E-state index is 11.2. The van der Waals surface area contributed by atoms with Gasteiger partial charge in [-0.25, -0.2) is 0 Å². The van der Waals surface area contributed by atoms with E-state index < -0.39 is 11.0 Å². The van der Waals surface area contributed by atoms with Gasteiger partial charge in [0.2, 0.25) is 0 Å². The fourth-order valence-corrected chi connectivity index (χ4v) is 2.93. The highest BCUT2D eigenvalue weighted by Gasteiger charge is 2.24. The molecule has 1 atom stereocenters. The van der Waals surface area contributed by atoms with Gasteiger partial charge >= 0.3 is 5.69 Å². The van der Waals surface area contributed by atoms with Crippen molar-refractivity contribution in [3.63, 3.8) is 0 Å². The third-order valence-electron chi connectivity index (χ3n) is 3.09. The van der Waals surface area contributed by atoms with Gasteiger partial charge in [-0.15, -0.1) is 11.3 Å². The van der Waals surface area contributed by atoms with E-state index >= 15 is 0 Å². The Morgan fingerprint density at radius 2 is 2.00 bits per heavy atom. The Labute approximate surface area is 126 Å². The number of methoxy groups -OCH3 is 1. The Bertz CT molecular complexity index is 637. The van der Waals surface area contributed by atoms with Gasteiger partial charge in [0.1, 0.15) is 5.75 Å². The number of rotatable bonds is 5. The van der Waals surface area contributed by atoms with E-state index in [1.807, 2.05) is 12.1 Å². The standard InChI is InChI=1S/C14H16N2O4S/c1-9(17)13-8-12(16(18)19)14(21-13)15(2)10-4-6-11(20-3)7-5-10/h4-9,17H,1-3H3. The van der Waals surface area contributed by atoms with E-state index in [0.29, 0.717) is 9.88 Å². The molecule has 0 bridgehead atoms. The molecule has 21 heavy (non-hydrogen) atoms. The van der Waals surface area contributed by atoms with Crippen molar-refractivity contribution < 1.29 is 14.8 Å². The highest BCUT2D eigenvalue weighted by atomic mass is 32.1. The highest BCUT2D eigenvalue weighted by molar-refractivity contribution is 7.16. The number of aliphatic hydroxyl groups excluding tert-OH is 1. The molecule has 2 aromatic rings. The Kier molecular flexibility index (Phi) is 4.44. The summed E-state index contributed by atoms with van der Waals surface area (Å²) < 4.78 is 5.09. The summed E-state index contributed by atoms with van der Waals surface area (Å²) in [5.74, 6) is 0.720. The van der Waals surface area contributed by atoms with Gasteiger partial charge in [0.25, 0.3) is 0 Å². The first-order valence-electron chi connectivity index (χ1n) is 6.28. The number of nitro groups is 1. The van der Waals surface area contributed by atoms with Crippen molar-refractivity contribution in [1.29, 1.82) is 0 Å². The fourth-order valence-electron chi connectivity index (χ4n) is 1.89. The molecule has 2 rings (SSSR count). The molecule has 0 aliphatic rings. The molecular formula is C14H16N2O4S. The minimum absolute atomic E-state index is 0.00535. The number of aliphatic hydroxyl groups is 1. The molecule has 0 spiro atoms. The lowest BCUT2D eigenvalue weighted by molar-refractivity contribution is -0.383. The summed E-state index contributed by atoms with van der Waals surface area (Å²) in [5, 5.41) is 21.3. The van der Waals surface area contributed by atoms with E-state index in [4.69, 9.17) is 4.74 Å². The van der Waals surface area contributed by atoms with E-state index in [9.17, 15) is 15.2 Å². The van der Waals surface area contributed by atoms with Crippen LogP contribution in [0.2, 0.25) is 0 Å². The van der Waals surface area contributed by atoms with Gasteiger partial charge in [-0.05, 0) is 31.2 Å².